The maximum absolute atomic E-state index is 13.6. The number of carbonyl (C=O) groups excluding carboxylic acids is 1. The van der Waals surface area contributed by atoms with Gasteiger partial charge in [0.25, 0.3) is 15.9 Å². The Balaban J connectivity index is 1.64. The van der Waals surface area contributed by atoms with Crippen molar-refractivity contribution in [3.63, 3.8) is 0 Å². The SMILES string of the molecule is C=CCN(c1ccc(Cl)cc1)S(=O)(=O)c1ccc(Cl)c(C(=O)Nc2ccccc2Cc2ccccc2)c1. The molecule has 0 aliphatic heterocycles. The molecule has 0 saturated carbocycles. The second-order valence-corrected chi connectivity index (χ2v) is 10.9. The van der Waals surface area contributed by atoms with E-state index >= 15 is 0 Å². The second kappa shape index (κ2) is 11.6. The second-order valence-electron chi connectivity index (χ2n) is 8.22. The van der Waals surface area contributed by atoms with Gasteiger partial charge in [-0.2, -0.15) is 0 Å². The molecule has 0 fully saturated rings. The molecule has 0 aromatic heterocycles. The molecule has 37 heavy (non-hydrogen) atoms. The van der Waals surface area contributed by atoms with Crippen molar-refractivity contribution in [2.45, 2.75) is 11.3 Å². The lowest BCUT2D eigenvalue weighted by molar-refractivity contribution is 0.102. The van der Waals surface area contributed by atoms with E-state index in [0.29, 0.717) is 22.8 Å². The zero-order chi connectivity index (χ0) is 26.4. The van der Waals surface area contributed by atoms with E-state index in [1.54, 1.807) is 30.3 Å². The van der Waals surface area contributed by atoms with Crippen molar-refractivity contribution in [3.05, 3.63) is 136 Å². The molecular weight excluding hydrogens is 527 g/mol. The Morgan fingerprint density at radius 3 is 2.27 bits per heavy atom. The van der Waals surface area contributed by atoms with Gasteiger partial charge in [0.15, 0.2) is 0 Å². The highest BCUT2D eigenvalue weighted by molar-refractivity contribution is 7.92. The number of amides is 1. The molecule has 8 heteroatoms. The minimum absolute atomic E-state index is 0.0288. The lowest BCUT2D eigenvalue weighted by Crippen LogP contribution is -2.31. The first-order valence-corrected chi connectivity index (χ1v) is 13.6. The maximum atomic E-state index is 13.6. The number of carbonyl (C=O) groups is 1. The highest BCUT2D eigenvalue weighted by atomic mass is 35.5. The van der Waals surface area contributed by atoms with Gasteiger partial charge in [0.2, 0.25) is 0 Å². The summed E-state index contributed by atoms with van der Waals surface area (Å²) >= 11 is 12.3. The average molecular weight is 551 g/mol. The van der Waals surface area contributed by atoms with Gasteiger partial charge in [-0.05, 0) is 66.1 Å². The van der Waals surface area contributed by atoms with Crippen LogP contribution < -0.4 is 9.62 Å². The Morgan fingerprint density at radius 2 is 1.57 bits per heavy atom. The van der Waals surface area contributed by atoms with E-state index in [1.165, 1.54) is 28.6 Å². The van der Waals surface area contributed by atoms with Crippen molar-refractivity contribution in [2.24, 2.45) is 0 Å². The molecule has 0 aliphatic rings. The van der Waals surface area contributed by atoms with Gasteiger partial charge in [-0.15, -0.1) is 6.58 Å². The fourth-order valence-corrected chi connectivity index (χ4v) is 5.63. The summed E-state index contributed by atoms with van der Waals surface area (Å²) in [5, 5.41) is 3.52. The van der Waals surface area contributed by atoms with Crippen molar-refractivity contribution in [1.29, 1.82) is 0 Å². The van der Waals surface area contributed by atoms with E-state index in [4.69, 9.17) is 23.2 Å². The Hall–Kier alpha value is -3.58. The maximum Gasteiger partial charge on any atom is 0.264 e. The van der Waals surface area contributed by atoms with E-state index in [9.17, 15) is 13.2 Å². The fraction of sp³-hybridized carbons (Fsp3) is 0.0690. The topological polar surface area (TPSA) is 66.5 Å². The van der Waals surface area contributed by atoms with Crippen LogP contribution in [0.5, 0.6) is 0 Å². The summed E-state index contributed by atoms with van der Waals surface area (Å²) < 4.78 is 28.4. The molecule has 1 amide bonds. The van der Waals surface area contributed by atoms with Crippen LogP contribution in [0.3, 0.4) is 0 Å². The number of nitrogens with zero attached hydrogens (tertiary/aromatic N) is 1. The first kappa shape index (κ1) is 26.5. The van der Waals surface area contributed by atoms with Crippen LogP contribution in [0.4, 0.5) is 11.4 Å². The quantitative estimate of drug-likeness (QED) is 0.224. The normalized spacial score (nSPS) is 11.1. The van der Waals surface area contributed by atoms with Crippen molar-refractivity contribution >= 4 is 50.5 Å². The number of nitrogens with one attached hydrogen (secondary N) is 1. The molecule has 0 saturated heterocycles. The third-order valence-corrected chi connectivity index (χ3v) is 8.05. The summed E-state index contributed by atoms with van der Waals surface area (Å²) in [6.45, 7) is 3.71. The van der Waals surface area contributed by atoms with E-state index in [0.717, 1.165) is 11.1 Å². The molecule has 4 aromatic rings. The number of para-hydroxylation sites is 1. The Bertz CT molecular complexity index is 1520. The number of anilines is 2. The van der Waals surface area contributed by atoms with Gasteiger partial charge in [-0.1, -0.05) is 77.8 Å². The molecule has 4 rings (SSSR count). The molecule has 0 spiro atoms. The minimum atomic E-state index is -4.04. The van der Waals surface area contributed by atoms with Gasteiger partial charge in [0.05, 0.1) is 27.7 Å². The van der Waals surface area contributed by atoms with E-state index in [-0.39, 0.29) is 22.0 Å². The summed E-state index contributed by atoms with van der Waals surface area (Å²) in [6.07, 6.45) is 2.11. The average Bonchev–Trinajstić information content (AvgIpc) is 2.89. The smallest absolute Gasteiger partial charge is 0.264 e. The first-order chi connectivity index (χ1) is 17.8. The monoisotopic (exact) mass is 550 g/mol. The third-order valence-electron chi connectivity index (χ3n) is 5.68. The molecule has 5 nitrogen and oxygen atoms in total. The van der Waals surface area contributed by atoms with Gasteiger partial charge < -0.3 is 5.32 Å². The van der Waals surface area contributed by atoms with Gasteiger partial charge in [-0.3, -0.25) is 9.10 Å². The number of hydrogen-bond acceptors (Lipinski definition) is 3. The van der Waals surface area contributed by atoms with Gasteiger partial charge in [-0.25, -0.2) is 8.42 Å². The zero-order valence-corrected chi connectivity index (χ0v) is 22.1. The van der Waals surface area contributed by atoms with Crippen LogP contribution in [0.25, 0.3) is 0 Å². The van der Waals surface area contributed by atoms with Crippen LogP contribution in [0, 0.1) is 0 Å². The van der Waals surface area contributed by atoms with Gasteiger partial charge in [0, 0.05) is 10.7 Å². The molecule has 4 aromatic carbocycles. The zero-order valence-electron chi connectivity index (χ0n) is 19.8. The first-order valence-electron chi connectivity index (χ1n) is 11.4. The van der Waals surface area contributed by atoms with Crippen molar-refractivity contribution in [3.8, 4) is 0 Å². The third kappa shape index (κ3) is 6.23. The van der Waals surface area contributed by atoms with Crippen LogP contribution in [0.15, 0.2) is 115 Å². The summed E-state index contributed by atoms with van der Waals surface area (Å²) in [6, 6.07) is 27.9. The number of hydrogen-bond donors (Lipinski definition) is 1. The van der Waals surface area contributed by atoms with E-state index in [1.807, 2.05) is 48.5 Å². The van der Waals surface area contributed by atoms with Crippen LogP contribution in [-0.2, 0) is 16.4 Å². The van der Waals surface area contributed by atoms with Crippen molar-refractivity contribution < 1.29 is 13.2 Å². The molecule has 188 valence electrons. The highest BCUT2D eigenvalue weighted by Crippen LogP contribution is 2.29. The minimum Gasteiger partial charge on any atom is -0.322 e. The number of rotatable bonds is 9. The number of halogens is 2. The lowest BCUT2D eigenvalue weighted by atomic mass is 10.0. The van der Waals surface area contributed by atoms with Gasteiger partial charge >= 0.3 is 0 Å². The molecule has 0 unspecified atom stereocenters. The number of sulfonamides is 1. The van der Waals surface area contributed by atoms with E-state index in [2.05, 4.69) is 11.9 Å². The summed E-state index contributed by atoms with van der Waals surface area (Å²) in [4.78, 5) is 13.2. The standard InChI is InChI=1S/C29H24Cl2N2O3S/c1-2-18-33(24-14-12-23(30)13-15-24)37(35,36)25-16-17-27(31)26(20-25)29(34)32-28-11-7-6-10-22(28)19-21-8-4-3-5-9-21/h2-17,20H,1,18-19H2,(H,32,34). The molecule has 0 aliphatic carbocycles. The van der Waals surface area contributed by atoms with Crippen molar-refractivity contribution in [2.75, 3.05) is 16.2 Å². The Morgan fingerprint density at radius 1 is 0.892 bits per heavy atom. The van der Waals surface area contributed by atoms with Crippen LogP contribution in [0.1, 0.15) is 21.5 Å². The Kier molecular flexibility index (Phi) is 8.34. The molecular formula is C29H24Cl2N2O3S. The summed E-state index contributed by atoms with van der Waals surface area (Å²) in [5.41, 5.74) is 3.10. The molecule has 0 atom stereocenters. The van der Waals surface area contributed by atoms with Crippen LogP contribution in [0.2, 0.25) is 10.0 Å². The molecule has 0 heterocycles. The molecule has 1 N–H and O–H groups in total. The predicted octanol–water partition coefficient (Wildman–Crippen LogP) is 7.22. The van der Waals surface area contributed by atoms with E-state index < -0.39 is 15.9 Å². The number of benzene rings is 4. The summed E-state index contributed by atoms with van der Waals surface area (Å²) in [7, 11) is -4.04. The molecule has 0 radical (unpaired) electrons. The Labute approximate surface area is 227 Å². The summed E-state index contributed by atoms with van der Waals surface area (Å²) in [5.74, 6) is -0.510. The van der Waals surface area contributed by atoms with Gasteiger partial charge in [0.1, 0.15) is 0 Å². The highest BCUT2D eigenvalue weighted by Gasteiger charge is 2.26. The lowest BCUT2D eigenvalue weighted by Gasteiger charge is -2.23. The largest absolute Gasteiger partial charge is 0.322 e. The molecule has 0 bridgehead atoms. The van der Waals surface area contributed by atoms with Crippen LogP contribution in [-0.4, -0.2) is 20.9 Å². The van der Waals surface area contributed by atoms with Crippen LogP contribution >= 0.6 is 23.2 Å². The van der Waals surface area contributed by atoms with Crippen molar-refractivity contribution in [1.82, 2.24) is 0 Å². The fourth-order valence-electron chi connectivity index (χ4n) is 3.83. The predicted molar refractivity (Wildman–Crippen MR) is 151 cm³/mol.